The Labute approximate surface area is 113 Å². The summed E-state index contributed by atoms with van der Waals surface area (Å²) in [6.07, 6.45) is 4.72. The van der Waals surface area contributed by atoms with Crippen LogP contribution >= 0.6 is 11.6 Å². The molecule has 0 spiro atoms. The lowest BCUT2D eigenvalue weighted by atomic mass is 10.1. The molecule has 2 heterocycles. The molecule has 0 saturated carbocycles. The van der Waals surface area contributed by atoms with Crippen molar-refractivity contribution < 1.29 is 9.90 Å². The Balaban J connectivity index is 2.24. The Hall–Kier alpha value is -2.08. The fourth-order valence-electron chi connectivity index (χ4n) is 1.77. The predicted octanol–water partition coefficient (Wildman–Crippen LogP) is 1.41. The summed E-state index contributed by atoms with van der Waals surface area (Å²) in [5.74, 6) is -1.21. The number of carboxylic acids is 1. The summed E-state index contributed by atoms with van der Waals surface area (Å²) < 4.78 is 2.95. The highest BCUT2D eigenvalue weighted by Gasteiger charge is 2.14. The molecule has 0 fully saturated rings. The Bertz CT molecular complexity index is 675. The van der Waals surface area contributed by atoms with Gasteiger partial charge in [0.05, 0.1) is 17.8 Å². The maximum Gasteiger partial charge on any atom is 0.341 e. The highest BCUT2D eigenvalue weighted by molar-refractivity contribution is 6.30. The van der Waals surface area contributed by atoms with E-state index in [0.29, 0.717) is 23.7 Å². The number of aromatic nitrogens is 3. The van der Waals surface area contributed by atoms with Crippen LogP contribution in [0.4, 0.5) is 0 Å². The van der Waals surface area contributed by atoms with E-state index in [2.05, 4.69) is 5.10 Å². The van der Waals surface area contributed by atoms with Crippen LogP contribution in [0.15, 0.2) is 29.5 Å². The fourth-order valence-corrected chi connectivity index (χ4v) is 1.93. The molecule has 0 amide bonds. The van der Waals surface area contributed by atoms with Crippen molar-refractivity contribution in [2.24, 2.45) is 0 Å². The van der Waals surface area contributed by atoms with Gasteiger partial charge in [0.15, 0.2) is 0 Å². The van der Waals surface area contributed by atoms with Crippen LogP contribution < -0.4 is 5.56 Å². The van der Waals surface area contributed by atoms with Crippen molar-refractivity contribution in [2.75, 3.05) is 0 Å². The van der Waals surface area contributed by atoms with Crippen LogP contribution in [0.1, 0.15) is 15.9 Å². The lowest BCUT2D eigenvalue weighted by Gasteiger charge is -2.08. The maximum atomic E-state index is 12.0. The zero-order valence-electron chi connectivity index (χ0n) is 10.2. The summed E-state index contributed by atoms with van der Waals surface area (Å²) in [6.45, 7) is 2.37. The molecule has 6 nitrogen and oxygen atoms in total. The minimum atomic E-state index is -1.21. The van der Waals surface area contributed by atoms with E-state index in [0.717, 1.165) is 0 Å². The first kappa shape index (κ1) is 13.4. The third-order valence-corrected chi connectivity index (χ3v) is 2.95. The van der Waals surface area contributed by atoms with Crippen LogP contribution in [0.3, 0.4) is 0 Å². The number of pyridine rings is 1. The minimum absolute atomic E-state index is 0.194. The minimum Gasteiger partial charge on any atom is -0.477 e. The number of halogens is 1. The van der Waals surface area contributed by atoms with Gasteiger partial charge >= 0.3 is 5.97 Å². The zero-order chi connectivity index (χ0) is 14.0. The van der Waals surface area contributed by atoms with Crippen LogP contribution in [0.5, 0.6) is 0 Å². The van der Waals surface area contributed by atoms with Crippen molar-refractivity contribution >= 4 is 17.6 Å². The van der Waals surface area contributed by atoms with E-state index in [1.807, 2.05) is 0 Å². The molecule has 19 heavy (non-hydrogen) atoms. The summed E-state index contributed by atoms with van der Waals surface area (Å²) in [6, 6.07) is 1.61. The van der Waals surface area contributed by atoms with Crippen molar-refractivity contribution in [3.63, 3.8) is 0 Å². The Morgan fingerprint density at radius 1 is 1.47 bits per heavy atom. The molecule has 0 saturated heterocycles. The second-order valence-corrected chi connectivity index (χ2v) is 4.54. The molecular weight excluding hydrogens is 270 g/mol. The van der Waals surface area contributed by atoms with Crippen molar-refractivity contribution in [1.82, 2.24) is 14.3 Å². The van der Waals surface area contributed by atoms with E-state index >= 15 is 0 Å². The topological polar surface area (TPSA) is 77.1 Å². The summed E-state index contributed by atoms with van der Waals surface area (Å²) in [4.78, 5) is 23.0. The third-order valence-electron chi connectivity index (χ3n) is 2.76. The van der Waals surface area contributed by atoms with Crippen molar-refractivity contribution in [3.05, 3.63) is 51.2 Å². The molecule has 0 radical (unpaired) electrons. The van der Waals surface area contributed by atoms with Gasteiger partial charge in [-0.2, -0.15) is 5.10 Å². The van der Waals surface area contributed by atoms with Gasteiger partial charge in [0.1, 0.15) is 5.56 Å². The molecule has 2 aromatic heterocycles. The standard InChI is InChI=1S/C12H12ClN3O3/c1-8-2-3-15(11(17)10(8)12(18)19)4-5-16-7-9(13)6-14-16/h2-3,6-7H,4-5H2,1H3,(H,18,19). The van der Waals surface area contributed by atoms with Gasteiger partial charge in [-0.3, -0.25) is 9.48 Å². The molecule has 0 aromatic carbocycles. The highest BCUT2D eigenvalue weighted by Crippen LogP contribution is 2.05. The van der Waals surface area contributed by atoms with Gasteiger partial charge in [0.25, 0.3) is 5.56 Å². The van der Waals surface area contributed by atoms with Gasteiger partial charge in [-0.15, -0.1) is 0 Å². The van der Waals surface area contributed by atoms with Crippen LogP contribution in [0.2, 0.25) is 5.02 Å². The molecule has 0 unspecified atom stereocenters. The first-order chi connectivity index (χ1) is 8.99. The summed E-state index contributed by atoms with van der Waals surface area (Å²) in [5.41, 5.74) is -0.248. The molecule has 0 atom stereocenters. The number of hydrogen-bond acceptors (Lipinski definition) is 3. The maximum absolute atomic E-state index is 12.0. The SMILES string of the molecule is Cc1ccn(CCn2cc(Cl)cn2)c(=O)c1C(=O)O. The molecule has 0 aliphatic heterocycles. The quantitative estimate of drug-likeness (QED) is 0.919. The highest BCUT2D eigenvalue weighted by atomic mass is 35.5. The first-order valence-corrected chi connectivity index (χ1v) is 5.98. The lowest BCUT2D eigenvalue weighted by Crippen LogP contribution is -2.28. The monoisotopic (exact) mass is 281 g/mol. The Morgan fingerprint density at radius 2 is 2.21 bits per heavy atom. The number of aromatic carboxylic acids is 1. The average Bonchev–Trinajstić information content (AvgIpc) is 2.74. The van der Waals surface area contributed by atoms with E-state index in [-0.39, 0.29) is 5.56 Å². The molecule has 100 valence electrons. The molecule has 7 heteroatoms. The normalized spacial score (nSPS) is 10.6. The molecule has 1 N–H and O–H groups in total. The number of hydrogen-bond donors (Lipinski definition) is 1. The molecule has 0 bridgehead atoms. The predicted molar refractivity (Wildman–Crippen MR) is 69.6 cm³/mol. The van der Waals surface area contributed by atoms with Gasteiger partial charge in [-0.1, -0.05) is 11.6 Å². The van der Waals surface area contributed by atoms with Crippen molar-refractivity contribution in [3.8, 4) is 0 Å². The molecular formula is C12H12ClN3O3. The average molecular weight is 282 g/mol. The molecule has 0 aliphatic rings. The van der Waals surface area contributed by atoms with Gasteiger partial charge in [-0.05, 0) is 18.6 Å². The summed E-state index contributed by atoms with van der Waals surface area (Å²) in [5, 5.41) is 13.5. The summed E-state index contributed by atoms with van der Waals surface area (Å²) in [7, 11) is 0. The van der Waals surface area contributed by atoms with Crippen LogP contribution in [0.25, 0.3) is 0 Å². The van der Waals surface area contributed by atoms with Gasteiger partial charge in [0, 0.05) is 18.9 Å². The smallest absolute Gasteiger partial charge is 0.341 e. The number of nitrogens with zero attached hydrogens (tertiary/aromatic N) is 3. The number of rotatable bonds is 4. The molecule has 2 aromatic rings. The number of carboxylic acid groups (broad SMARTS) is 1. The second kappa shape index (κ2) is 5.27. The van der Waals surface area contributed by atoms with E-state index < -0.39 is 11.5 Å². The van der Waals surface area contributed by atoms with Gasteiger partial charge in [-0.25, -0.2) is 4.79 Å². The number of carbonyl (C=O) groups is 1. The van der Waals surface area contributed by atoms with E-state index in [4.69, 9.17) is 16.7 Å². The van der Waals surface area contributed by atoms with E-state index in [1.165, 1.54) is 10.8 Å². The summed E-state index contributed by atoms with van der Waals surface area (Å²) >= 11 is 5.73. The van der Waals surface area contributed by atoms with E-state index in [9.17, 15) is 9.59 Å². The van der Waals surface area contributed by atoms with Crippen LogP contribution in [-0.2, 0) is 13.1 Å². The Kier molecular flexibility index (Phi) is 3.71. The second-order valence-electron chi connectivity index (χ2n) is 4.10. The Morgan fingerprint density at radius 3 is 2.79 bits per heavy atom. The van der Waals surface area contributed by atoms with Gasteiger partial charge < -0.3 is 9.67 Å². The zero-order valence-corrected chi connectivity index (χ0v) is 11.0. The van der Waals surface area contributed by atoms with Crippen molar-refractivity contribution in [2.45, 2.75) is 20.0 Å². The molecule has 0 aliphatic carbocycles. The lowest BCUT2D eigenvalue weighted by molar-refractivity contribution is 0.0693. The van der Waals surface area contributed by atoms with Crippen molar-refractivity contribution in [1.29, 1.82) is 0 Å². The van der Waals surface area contributed by atoms with E-state index in [1.54, 1.807) is 30.1 Å². The first-order valence-electron chi connectivity index (χ1n) is 5.60. The third kappa shape index (κ3) is 2.85. The van der Waals surface area contributed by atoms with Crippen LogP contribution in [0, 0.1) is 6.92 Å². The van der Waals surface area contributed by atoms with Gasteiger partial charge in [0.2, 0.25) is 0 Å². The fraction of sp³-hybridized carbons (Fsp3) is 0.250. The van der Waals surface area contributed by atoms with Crippen LogP contribution in [-0.4, -0.2) is 25.4 Å². The molecule has 2 rings (SSSR count). The largest absolute Gasteiger partial charge is 0.477 e. The number of aryl methyl sites for hydroxylation is 3.